The molecule has 0 saturated heterocycles. The average molecular weight is 412 g/mol. The molecule has 0 fully saturated rings. The topological polar surface area (TPSA) is 105 Å². The summed E-state index contributed by atoms with van der Waals surface area (Å²) in [5, 5.41) is 5.32. The first-order valence-electron chi connectivity index (χ1n) is 8.88. The van der Waals surface area contributed by atoms with Crippen molar-refractivity contribution in [3.8, 4) is 0 Å². The first-order chi connectivity index (χ1) is 13.8. The molecule has 0 bridgehead atoms. The third-order valence-corrected chi connectivity index (χ3v) is 5.88. The van der Waals surface area contributed by atoms with Crippen molar-refractivity contribution in [3.63, 3.8) is 0 Å². The second-order valence-electron chi connectivity index (χ2n) is 6.44. The van der Waals surface area contributed by atoms with Crippen LogP contribution < -0.4 is 10.6 Å². The minimum Gasteiger partial charge on any atom is -0.459 e. The summed E-state index contributed by atoms with van der Waals surface area (Å²) in [6, 6.07) is 16.2. The predicted molar refractivity (Wildman–Crippen MR) is 110 cm³/mol. The maximum atomic E-state index is 12.3. The second kappa shape index (κ2) is 8.74. The van der Waals surface area contributed by atoms with Gasteiger partial charge in [-0.3, -0.25) is 9.59 Å². The molecule has 2 amide bonds. The van der Waals surface area contributed by atoms with Gasteiger partial charge in [0.1, 0.15) is 0 Å². The smallest absolute Gasteiger partial charge is 0.291 e. The summed E-state index contributed by atoms with van der Waals surface area (Å²) >= 11 is 0. The van der Waals surface area contributed by atoms with Gasteiger partial charge >= 0.3 is 0 Å². The van der Waals surface area contributed by atoms with Crippen LogP contribution >= 0.6 is 0 Å². The van der Waals surface area contributed by atoms with Crippen molar-refractivity contribution in [2.24, 2.45) is 0 Å². The van der Waals surface area contributed by atoms with Crippen molar-refractivity contribution < 1.29 is 22.4 Å². The van der Waals surface area contributed by atoms with Gasteiger partial charge in [0.15, 0.2) is 15.6 Å². The molecule has 1 aromatic heterocycles. The maximum Gasteiger partial charge on any atom is 0.291 e. The van der Waals surface area contributed by atoms with E-state index < -0.39 is 15.7 Å². The second-order valence-corrected chi connectivity index (χ2v) is 8.55. The van der Waals surface area contributed by atoms with Gasteiger partial charge < -0.3 is 15.1 Å². The number of aryl methyl sites for hydroxylation is 1. The van der Waals surface area contributed by atoms with E-state index in [-0.39, 0.29) is 28.7 Å². The van der Waals surface area contributed by atoms with Crippen LogP contribution in [0.25, 0.3) is 0 Å². The van der Waals surface area contributed by atoms with Gasteiger partial charge in [-0.25, -0.2) is 8.42 Å². The molecule has 0 saturated carbocycles. The zero-order chi connectivity index (χ0) is 20.9. The molecular weight excluding hydrogens is 392 g/mol. The summed E-state index contributed by atoms with van der Waals surface area (Å²) in [4.78, 5) is 24.2. The number of carbonyl (C=O) groups is 2. The molecule has 0 aliphatic carbocycles. The minimum absolute atomic E-state index is 0.160. The third kappa shape index (κ3) is 5.55. The number of carbonyl (C=O) groups excluding carboxylic acids is 2. The fourth-order valence-corrected chi connectivity index (χ4v) is 3.79. The monoisotopic (exact) mass is 412 g/mol. The molecule has 3 aromatic rings. The minimum atomic E-state index is -3.52. The molecule has 7 nitrogen and oxygen atoms in total. The molecule has 29 heavy (non-hydrogen) atoms. The molecule has 0 aliphatic rings. The lowest BCUT2D eigenvalue weighted by Gasteiger charge is -2.08. The molecule has 150 valence electrons. The van der Waals surface area contributed by atoms with E-state index in [2.05, 4.69) is 10.6 Å². The summed E-state index contributed by atoms with van der Waals surface area (Å²) < 4.78 is 29.7. The van der Waals surface area contributed by atoms with E-state index in [0.29, 0.717) is 11.4 Å². The van der Waals surface area contributed by atoms with Crippen LogP contribution in [0.1, 0.15) is 22.5 Å². The Morgan fingerprint density at radius 1 is 0.897 bits per heavy atom. The molecule has 0 atom stereocenters. The van der Waals surface area contributed by atoms with Gasteiger partial charge in [-0.2, -0.15) is 0 Å². The number of benzene rings is 2. The number of nitrogens with one attached hydrogen (secondary N) is 2. The van der Waals surface area contributed by atoms with Gasteiger partial charge in [0, 0.05) is 17.8 Å². The molecule has 3 rings (SSSR count). The number of sulfone groups is 1. The number of furan rings is 1. The number of rotatable bonds is 7. The predicted octanol–water partition coefficient (Wildman–Crippen LogP) is 3.64. The largest absolute Gasteiger partial charge is 0.459 e. The lowest BCUT2D eigenvalue weighted by atomic mass is 10.2. The van der Waals surface area contributed by atoms with Crippen molar-refractivity contribution in [1.82, 2.24) is 0 Å². The number of hydrogen-bond donors (Lipinski definition) is 2. The Morgan fingerprint density at radius 3 is 2.10 bits per heavy atom. The van der Waals surface area contributed by atoms with E-state index >= 15 is 0 Å². The van der Waals surface area contributed by atoms with Crippen molar-refractivity contribution >= 4 is 33.0 Å². The van der Waals surface area contributed by atoms with Crippen LogP contribution in [-0.4, -0.2) is 26.0 Å². The first kappa shape index (κ1) is 20.3. The summed E-state index contributed by atoms with van der Waals surface area (Å²) in [5.74, 6) is -0.877. The fraction of sp³-hybridized carbons (Fsp3) is 0.143. The van der Waals surface area contributed by atoms with Gasteiger partial charge in [0.25, 0.3) is 5.91 Å². The first-order valence-corrected chi connectivity index (χ1v) is 10.5. The Kier molecular flexibility index (Phi) is 6.13. The maximum absolute atomic E-state index is 12.3. The van der Waals surface area contributed by atoms with E-state index in [9.17, 15) is 18.0 Å². The number of amides is 2. The van der Waals surface area contributed by atoms with E-state index in [0.717, 1.165) is 5.56 Å². The fourth-order valence-electron chi connectivity index (χ4n) is 2.55. The van der Waals surface area contributed by atoms with Crippen LogP contribution in [0, 0.1) is 6.92 Å². The van der Waals surface area contributed by atoms with Crippen LogP contribution in [0.15, 0.2) is 76.2 Å². The van der Waals surface area contributed by atoms with Gasteiger partial charge in [0.05, 0.1) is 16.9 Å². The van der Waals surface area contributed by atoms with Gasteiger partial charge in [-0.05, 0) is 55.5 Å². The molecule has 2 aromatic carbocycles. The Labute approximate surface area is 168 Å². The SMILES string of the molecule is Cc1ccc(S(=O)(=O)CCC(=O)Nc2ccc(NC(=O)c3ccco3)cc2)cc1. The molecule has 0 radical (unpaired) electrons. The zero-order valence-electron chi connectivity index (χ0n) is 15.7. The van der Waals surface area contributed by atoms with Crippen molar-refractivity contribution in [2.45, 2.75) is 18.2 Å². The Bertz CT molecular complexity index is 1090. The zero-order valence-corrected chi connectivity index (χ0v) is 16.5. The van der Waals surface area contributed by atoms with E-state index in [4.69, 9.17) is 4.42 Å². The lowest BCUT2D eigenvalue weighted by Crippen LogP contribution is -2.17. The standard InChI is InChI=1S/C21H20N2O5S/c1-15-4-10-18(11-5-15)29(26,27)14-12-20(24)22-16-6-8-17(9-7-16)23-21(25)19-3-2-13-28-19/h2-11,13H,12,14H2,1H3,(H,22,24)(H,23,25). The van der Waals surface area contributed by atoms with Crippen molar-refractivity contribution in [1.29, 1.82) is 0 Å². The highest BCUT2D eigenvalue weighted by Gasteiger charge is 2.16. The summed E-state index contributed by atoms with van der Waals surface area (Å²) in [5.41, 5.74) is 2.00. The molecule has 0 aliphatic heterocycles. The quantitative estimate of drug-likeness (QED) is 0.616. The van der Waals surface area contributed by atoms with Crippen LogP contribution in [-0.2, 0) is 14.6 Å². The van der Waals surface area contributed by atoms with Crippen molar-refractivity contribution in [2.75, 3.05) is 16.4 Å². The molecule has 0 spiro atoms. The molecule has 2 N–H and O–H groups in total. The lowest BCUT2D eigenvalue weighted by molar-refractivity contribution is -0.115. The molecular formula is C21H20N2O5S. The van der Waals surface area contributed by atoms with Gasteiger partial charge in [-0.15, -0.1) is 0 Å². The molecule has 0 unspecified atom stereocenters. The summed E-state index contributed by atoms with van der Waals surface area (Å²) in [7, 11) is -3.52. The van der Waals surface area contributed by atoms with Crippen LogP contribution in [0.3, 0.4) is 0 Å². The van der Waals surface area contributed by atoms with Crippen LogP contribution in [0.5, 0.6) is 0 Å². The number of anilines is 2. The average Bonchev–Trinajstić information content (AvgIpc) is 3.23. The number of hydrogen-bond acceptors (Lipinski definition) is 5. The van der Waals surface area contributed by atoms with E-state index in [1.807, 2.05) is 6.92 Å². The highest BCUT2D eigenvalue weighted by atomic mass is 32.2. The summed E-state index contributed by atoms with van der Waals surface area (Å²) in [6.45, 7) is 1.87. The van der Waals surface area contributed by atoms with E-state index in [1.165, 1.54) is 18.4 Å². The van der Waals surface area contributed by atoms with Gasteiger partial charge in [0.2, 0.25) is 5.91 Å². The third-order valence-electron chi connectivity index (χ3n) is 4.15. The van der Waals surface area contributed by atoms with Gasteiger partial charge in [-0.1, -0.05) is 17.7 Å². The molecule has 8 heteroatoms. The Morgan fingerprint density at radius 2 is 1.52 bits per heavy atom. The summed E-state index contributed by atoms with van der Waals surface area (Å²) in [6.07, 6.45) is 1.25. The highest BCUT2D eigenvalue weighted by molar-refractivity contribution is 7.91. The highest BCUT2D eigenvalue weighted by Crippen LogP contribution is 2.16. The Balaban J connectivity index is 1.52. The van der Waals surface area contributed by atoms with Crippen LogP contribution in [0.2, 0.25) is 0 Å². The Hall–Kier alpha value is -3.39. The van der Waals surface area contributed by atoms with E-state index in [1.54, 1.807) is 48.5 Å². The van der Waals surface area contributed by atoms with Crippen LogP contribution in [0.4, 0.5) is 11.4 Å². The van der Waals surface area contributed by atoms with Crippen molar-refractivity contribution in [3.05, 3.63) is 78.3 Å². The molecule has 1 heterocycles. The normalized spacial score (nSPS) is 11.1.